The number of rotatable bonds is 5. The normalized spacial score (nSPS) is 14.2. The summed E-state index contributed by atoms with van der Waals surface area (Å²) in [6.07, 6.45) is 4.54. The first-order chi connectivity index (χ1) is 13.2. The third-order valence-corrected chi connectivity index (χ3v) is 6.74. The predicted octanol–water partition coefficient (Wildman–Crippen LogP) is 4.91. The Balaban J connectivity index is 1.63. The van der Waals surface area contributed by atoms with Crippen LogP contribution < -0.4 is 11.1 Å². The van der Waals surface area contributed by atoms with Crippen LogP contribution in [0, 0.1) is 11.3 Å². The number of ketones is 1. The molecule has 136 valence electrons. The number of thiophene rings is 1. The quantitative estimate of drug-likeness (QED) is 0.600. The van der Waals surface area contributed by atoms with Crippen LogP contribution in [0.15, 0.2) is 35.7 Å². The number of carbonyl (C=O) groups is 1. The molecule has 1 aromatic carbocycles. The number of thiazole rings is 1. The minimum absolute atomic E-state index is 0.230. The van der Waals surface area contributed by atoms with Crippen LogP contribution in [0.1, 0.15) is 46.6 Å². The fourth-order valence-corrected chi connectivity index (χ4v) is 5.19. The van der Waals surface area contributed by atoms with Crippen LogP contribution in [0.3, 0.4) is 0 Å². The van der Waals surface area contributed by atoms with Crippen molar-refractivity contribution >= 4 is 39.1 Å². The summed E-state index contributed by atoms with van der Waals surface area (Å²) in [5, 5.41) is 16.1. The standard InChI is InChI=1S/C20H18N4OS2/c21-10-14-16(22)18(27-20(14)23-13-8-4-5-9-13)17(25)15-11-26-19(24-15)12-6-2-1-3-7-12/h1-3,6-7,11,13,23H,4-5,8-9,22H2. The van der Waals surface area contributed by atoms with Crippen molar-refractivity contribution < 1.29 is 4.79 Å². The molecule has 0 radical (unpaired) electrons. The van der Waals surface area contributed by atoms with Gasteiger partial charge in [-0.1, -0.05) is 43.2 Å². The first-order valence-corrected chi connectivity index (χ1v) is 10.5. The van der Waals surface area contributed by atoms with Crippen LogP contribution in [-0.2, 0) is 0 Å². The number of benzene rings is 1. The molecule has 0 aliphatic heterocycles. The van der Waals surface area contributed by atoms with E-state index in [2.05, 4.69) is 16.4 Å². The second kappa shape index (κ2) is 7.51. The Kier molecular flexibility index (Phi) is 4.92. The zero-order valence-electron chi connectivity index (χ0n) is 14.6. The molecule has 0 saturated heterocycles. The molecule has 0 atom stereocenters. The van der Waals surface area contributed by atoms with Gasteiger partial charge in [0.15, 0.2) is 0 Å². The van der Waals surface area contributed by atoms with Crippen LogP contribution >= 0.6 is 22.7 Å². The van der Waals surface area contributed by atoms with Gasteiger partial charge in [0.2, 0.25) is 5.78 Å². The van der Waals surface area contributed by atoms with Gasteiger partial charge in [0, 0.05) is 17.0 Å². The number of nitriles is 1. The summed E-state index contributed by atoms with van der Waals surface area (Å²) in [5.41, 5.74) is 8.11. The molecule has 4 rings (SSSR count). The van der Waals surface area contributed by atoms with Crippen molar-refractivity contribution in [1.82, 2.24) is 4.98 Å². The van der Waals surface area contributed by atoms with Crippen molar-refractivity contribution in [3.63, 3.8) is 0 Å². The Morgan fingerprint density at radius 2 is 2.00 bits per heavy atom. The van der Waals surface area contributed by atoms with Gasteiger partial charge in [-0.05, 0) is 12.8 Å². The Labute approximate surface area is 165 Å². The molecule has 0 bridgehead atoms. The molecule has 2 heterocycles. The monoisotopic (exact) mass is 394 g/mol. The first-order valence-electron chi connectivity index (χ1n) is 8.82. The van der Waals surface area contributed by atoms with E-state index >= 15 is 0 Å². The Morgan fingerprint density at radius 3 is 2.70 bits per heavy atom. The largest absolute Gasteiger partial charge is 0.396 e. The summed E-state index contributed by atoms with van der Waals surface area (Å²) < 4.78 is 0. The van der Waals surface area contributed by atoms with Gasteiger partial charge in [0.05, 0.1) is 5.69 Å². The molecule has 0 unspecified atom stereocenters. The lowest BCUT2D eigenvalue weighted by atomic mass is 10.1. The van der Waals surface area contributed by atoms with Crippen molar-refractivity contribution in [2.24, 2.45) is 0 Å². The van der Waals surface area contributed by atoms with E-state index in [1.165, 1.54) is 35.5 Å². The molecule has 2 aromatic heterocycles. The van der Waals surface area contributed by atoms with Gasteiger partial charge >= 0.3 is 0 Å². The highest BCUT2D eigenvalue weighted by Crippen LogP contribution is 2.38. The van der Waals surface area contributed by atoms with Gasteiger partial charge in [0.25, 0.3) is 0 Å². The SMILES string of the molecule is N#Cc1c(NC2CCCC2)sc(C(=O)c2csc(-c3ccccc3)n2)c1N. The van der Waals surface area contributed by atoms with Gasteiger partial charge in [0.1, 0.15) is 32.2 Å². The van der Waals surface area contributed by atoms with E-state index in [0.717, 1.165) is 23.4 Å². The Morgan fingerprint density at radius 1 is 1.26 bits per heavy atom. The van der Waals surface area contributed by atoms with Crippen molar-refractivity contribution in [1.29, 1.82) is 5.26 Å². The maximum Gasteiger partial charge on any atom is 0.224 e. The Hall–Kier alpha value is -2.69. The van der Waals surface area contributed by atoms with Crippen molar-refractivity contribution in [3.8, 4) is 16.6 Å². The summed E-state index contributed by atoms with van der Waals surface area (Å²) in [7, 11) is 0. The summed E-state index contributed by atoms with van der Waals surface area (Å²) in [6.45, 7) is 0. The van der Waals surface area contributed by atoms with Crippen LogP contribution in [0.25, 0.3) is 10.6 Å². The molecule has 7 heteroatoms. The minimum Gasteiger partial charge on any atom is -0.396 e. The molecule has 1 saturated carbocycles. The molecule has 1 aliphatic rings. The lowest BCUT2D eigenvalue weighted by Gasteiger charge is -2.11. The number of nitrogens with two attached hydrogens (primary N) is 1. The molecule has 0 spiro atoms. The summed E-state index contributed by atoms with van der Waals surface area (Å²) in [6, 6.07) is 12.2. The van der Waals surface area contributed by atoms with E-state index in [0.29, 0.717) is 27.2 Å². The van der Waals surface area contributed by atoms with E-state index in [-0.39, 0.29) is 11.5 Å². The summed E-state index contributed by atoms with van der Waals surface area (Å²) in [5.74, 6) is -0.230. The average Bonchev–Trinajstić information content (AvgIpc) is 3.43. The van der Waals surface area contributed by atoms with Crippen LogP contribution in [0.5, 0.6) is 0 Å². The number of hydrogen-bond acceptors (Lipinski definition) is 7. The highest BCUT2D eigenvalue weighted by atomic mass is 32.1. The first kappa shape index (κ1) is 17.7. The van der Waals surface area contributed by atoms with Crippen molar-refractivity contribution in [3.05, 3.63) is 51.8 Å². The van der Waals surface area contributed by atoms with Gasteiger partial charge in [-0.3, -0.25) is 4.79 Å². The molecule has 3 N–H and O–H groups in total. The molecule has 0 amide bonds. The number of nitrogens with one attached hydrogen (secondary N) is 1. The smallest absolute Gasteiger partial charge is 0.224 e. The lowest BCUT2D eigenvalue weighted by molar-refractivity contribution is 0.103. The third-order valence-electron chi connectivity index (χ3n) is 4.71. The molecule has 1 aliphatic carbocycles. The van der Waals surface area contributed by atoms with E-state index in [1.54, 1.807) is 5.38 Å². The third kappa shape index (κ3) is 3.46. The molecule has 5 nitrogen and oxygen atoms in total. The van der Waals surface area contributed by atoms with Crippen LogP contribution in [-0.4, -0.2) is 16.8 Å². The van der Waals surface area contributed by atoms with Gasteiger partial charge in [-0.25, -0.2) is 4.98 Å². The fraction of sp³-hybridized carbons (Fsp3) is 0.250. The van der Waals surface area contributed by atoms with Gasteiger partial charge in [-0.2, -0.15) is 5.26 Å². The number of nitrogens with zero attached hydrogens (tertiary/aromatic N) is 2. The van der Waals surface area contributed by atoms with Crippen molar-refractivity contribution in [2.45, 2.75) is 31.7 Å². The van der Waals surface area contributed by atoms with E-state index in [1.807, 2.05) is 30.3 Å². The molecular formula is C20H18N4OS2. The molecule has 27 heavy (non-hydrogen) atoms. The fourth-order valence-electron chi connectivity index (χ4n) is 3.29. The zero-order chi connectivity index (χ0) is 18.8. The maximum atomic E-state index is 13.0. The number of aromatic nitrogens is 1. The van der Waals surface area contributed by atoms with Gasteiger partial charge in [-0.15, -0.1) is 22.7 Å². The highest BCUT2D eigenvalue weighted by Gasteiger charge is 2.26. The highest BCUT2D eigenvalue weighted by molar-refractivity contribution is 7.19. The predicted molar refractivity (Wildman–Crippen MR) is 110 cm³/mol. The van der Waals surface area contributed by atoms with Gasteiger partial charge < -0.3 is 11.1 Å². The minimum atomic E-state index is -0.230. The molecule has 1 fully saturated rings. The van der Waals surface area contributed by atoms with Crippen molar-refractivity contribution in [2.75, 3.05) is 11.1 Å². The number of nitrogen functional groups attached to an aromatic ring is 1. The van der Waals surface area contributed by atoms with E-state index in [9.17, 15) is 10.1 Å². The number of hydrogen-bond donors (Lipinski definition) is 2. The maximum absolute atomic E-state index is 13.0. The molecule has 3 aromatic rings. The average molecular weight is 395 g/mol. The Bertz CT molecular complexity index is 1010. The number of carbonyl (C=O) groups excluding carboxylic acids is 1. The van der Waals surface area contributed by atoms with E-state index in [4.69, 9.17) is 5.73 Å². The molecular weight excluding hydrogens is 376 g/mol. The lowest BCUT2D eigenvalue weighted by Crippen LogP contribution is -2.14. The van der Waals surface area contributed by atoms with Crippen LogP contribution in [0.2, 0.25) is 0 Å². The van der Waals surface area contributed by atoms with E-state index < -0.39 is 0 Å². The topological polar surface area (TPSA) is 91.8 Å². The summed E-state index contributed by atoms with van der Waals surface area (Å²) in [4.78, 5) is 17.8. The second-order valence-corrected chi connectivity index (χ2v) is 8.40. The zero-order valence-corrected chi connectivity index (χ0v) is 16.2. The summed E-state index contributed by atoms with van der Waals surface area (Å²) >= 11 is 2.69. The second-order valence-electron chi connectivity index (χ2n) is 6.52. The van der Waals surface area contributed by atoms with Crippen LogP contribution in [0.4, 0.5) is 10.7 Å². The number of anilines is 2.